The van der Waals surface area contributed by atoms with E-state index in [0.717, 1.165) is 31.7 Å². The summed E-state index contributed by atoms with van der Waals surface area (Å²) in [5.74, 6) is 0.776. The third-order valence-electron chi connectivity index (χ3n) is 4.23. The van der Waals surface area contributed by atoms with Crippen LogP contribution in [0.2, 0.25) is 5.02 Å². The maximum atomic E-state index is 12.5. The Balaban J connectivity index is 1.62. The first kappa shape index (κ1) is 15.7. The molecule has 3 heterocycles. The summed E-state index contributed by atoms with van der Waals surface area (Å²) in [6.45, 7) is 1.62. The van der Waals surface area contributed by atoms with Crippen molar-refractivity contribution < 1.29 is 4.79 Å². The van der Waals surface area contributed by atoms with Crippen LogP contribution in [0.15, 0.2) is 24.9 Å². The van der Waals surface area contributed by atoms with Crippen LogP contribution in [0.4, 0.5) is 5.82 Å². The molecule has 2 aromatic heterocycles. The lowest BCUT2D eigenvalue weighted by Crippen LogP contribution is -2.45. The van der Waals surface area contributed by atoms with Gasteiger partial charge in [-0.3, -0.25) is 9.48 Å². The Labute approximate surface area is 139 Å². The maximum Gasteiger partial charge on any atom is 0.257 e. The fraction of sp³-hybridized carbons (Fsp3) is 0.467. The zero-order valence-corrected chi connectivity index (χ0v) is 13.9. The van der Waals surface area contributed by atoms with Crippen molar-refractivity contribution in [3.8, 4) is 0 Å². The Morgan fingerprint density at radius 3 is 2.70 bits per heavy atom. The minimum absolute atomic E-state index is 0.0108. The van der Waals surface area contributed by atoms with Crippen LogP contribution in [0.3, 0.4) is 0 Å². The average Bonchev–Trinajstić information content (AvgIpc) is 3.01. The van der Waals surface area contributed by atoms with E-state index in [1.165, 1.54) is 6.33 Å². The third kappa shape index (κ3) is 3.29. The van der Waals surface area contributed by atoms with E-state index in [2.05, 4.69) is 20.0 Å². The molecule has 0 radical (unpaired) electrons. The number of anilines is 1. The third-order valence-corrected chi connectivity index (χ3v) is 4.50. The van der Waals surface area contributed by atoms with Gasteiger partial charge in [-0.2, -0.15) is 5.10 Å². The molecule has 0 spiro atoms. The number of nitrogens with zero attached hydrogens (tertiary/aromatic N) is 6. The Bertz CT molecular complexity index is 695. The van der Waals surface area contributed by atoms with E-state index in [4.69, 9.17) is 11.6 Å². The summed E-state index contributed by atoms with van der Waals surface area (Å²) in [4.78, 5) is 24.6. The van der Waals surface area contributed by atoms with Crippen LogP contribution >= 0.6 is 11.6 Å². The van der Waals surface area contributed by atoms with Crippen LogP contribution in [0.25, 0.3) is 0 Å². The van der Waals surface area contributed by atoms with E-state index in [1.54, 1.807) is 30.3 Å². The predicted molar refractivity (Wildman–Crippen MR) is 87.6 cm³/mol. The van der Waals surface area contributed by atoms with E-state index in [1.807, 2.05) is 11.9 Å². The lowest BCUT2D eigenvalue weighted by Gasteiger charge is -2.37. The SMILES string of the molecule is CN(C(=O)c1cnn(C)c1)C1CCN(c2ncncc2Cl)CC1. The number of hydrogen-bond donors (Lipinski definition) is 0. The van der Waals surface area contributed by atoms with Crippen LogP contribution in [-0.4, -0.2) is 56.7 Å². The highest BCUT2D eigenvalue weighted by Gasteiger charge is 2.27. The molecule has 0 aromatic carbocycles. The molecule has 0 atom stereocenters. The molecule has 1 fully saturated rings. The first-order chi connectivity index (χ1) is 11.1. The van der Waals surface area contributed by atoms with Crippen molar-refractivity contribution in [3.63, 3.8) is 0 Å². The lowest BCUT2D eigenvalue weighted by molar-refractivity contribution is 0.0709. The second kappa shape index (κ2) is 6.54. The number of carbonyl (C=O) groups is 1. The highest BCUT2D eigenvalue weighted by atomic mass is 35.5. The van der Waals surface area contributed by atoms with E-state index in [-0.39, 0.29) is 11.9 Å². The van der Waals surface area contributed by atoms with Gasteiger partial charge in [0.1, 0.15) is 11.3 Å². The number of aryl methyl sites for hydroxylation is 1. The van der Waals surface area contributed by atoms with Crippen LogP contribution < -0.4 is 4.90 Å². The van der Waals surface area contributed by atoms with Gasteiger partial charge in [-0.25, -0.2) is 9.97 Å². The Kier molecular flexibility index (Phi) is 4.47. The molecule has 3 rings (SSSR count). The fourth-order valence-corrected chi connectivity index (χ4v) is 3.13. The number of hydrogen-bond acceptors (Lipinski definition) is 5. The zero-order chi connectivity index (χ0) is 16.4. The Hall–Kier alpha value is -2.15. The molecule has 0 saturated carbocycles. The quantitative estimate of drug-likeness (QED) is 0.853. The van der Waals surface area contributed by atoms with Gasteiger partial charge in [0.2, 0.25) is 0 Å². The van der Waals surface area contributed by atoms with Gasteiger partial charge in [0.25, 0.3) is 5.91 Å². The number of carbonyl (C=O) groups excluding carboxylic acids is 1. The molecular formula is C15H19ClN6O. The van der Waals surface area contributed by atoms with E-state index >= 15 is 0 Å². The van der Waals surface area contributed by atoms with Crippen molar-refractivity contribution in [2.75, 3.05) is 25.0 Å². The van der Waals surface area contributed by atoms with Crippen molar-refractivity contribution >= 4 is 23.3 Å². The van der Waals surface area contributed by atoms with Gasteiger partial charge in [-0.05, 0) is 12.8 Å². The summed E-state index contributed by atoms with van der Waals surface area (Å²) >= 11 is 6.15. The molecule has 2 aromatic rings. The molecule has 1 aliphatic rings. The summed E-state index contributed by atoms with van der Waals surface area (Å²) in [6.07, 6.45) is 8.22. The van der Waals surface area contributed by atoms with Crippen LogP contribution in [-0.2, 0) is 7.05 Å². The van der Waals surface area contributed by atoms with Gasteiger partial charge >= 0.3 is 0 Å². The monoisotopic (exact) mass is 334 g/mol. The second-order valence-electron chi connectivity index (χ2n) is 5.73. The molecule has 1 amide bonds. The van der Waals surface area contributed by atoms with Crippen molar-refractivity contribution in [1.82, 2.24) is 24.6 Å². The molecule has 0 unspecified atom stereocenters. The number of rotatable bonds is 3. The minimum atomic E-state index is 0.0108. The van der Waals surface area contributed by atoms with Gasteiger partial charge < -0.3 is 9.80 Å². The number of aromatic nitrogens is 4. The van der Waals surface area contributed by atoms with Gasteiger partial charge in [0.05, 0.1) is 18.0 Å². The molecule has 23 heavy (non-hydrogen) atoms. The molecule has 122 valence electrons. The summed E-state index contributed by atoms with van der Waals surface area (Å²) in [5, 5.41) is 4.62. The Morgan fingerprint density at radius 2 is 2.09 bits per heavy atom. The van der Waals surface area contributed by atoms with Gasteiger partial charge in [0.15, 0.2) is 5.82 Å². The lowest BCUT2D eigenvalue weighted by atomic mass is 10.0. The van der Waals surface area contributed by atoms with Crippen LogP contribution in [0.5, 0.6) is 0 Å². The normalized spacial score (nSPS) is 15.7. The van der Waals surface area contributed by atoms with Crippen molar-refractivity contribution in [3.05, 3.63) is 35.5 Å². The highest BCUT2D eigenvalue weighted by molar-refractivity contribution is 6.32. The van der Waals surface area contributed by atoms with E-state index in [9.17, 15) is 4.79 Å². The van der Waals surface area contributed by atoms with Crippen molar-refractivity contribution in [2.24, 2.45) is 7.05 Å². The minimum Gasteiger partial charge on any atom is -0.355 e. The molecule has 1 aliphatic heterocycles. The number of halogens is 1. The first-order valence-corrected chi connectivity index (χ1v) is 7.90. The predicted octanol–water partition coefficient (Wildman–Crippen LogP) is 1.60. The van der Waals surface area contributed by atoms with Crippen molar-refractivity contribution in [2.45, 2.75) is 18.9 Å². The molecule has 0 bridgehead atoms. The van der Waals surface area contributed by atoms with E-state index < -0.39 is 0 Å². The number of amides is 1. The standard InChI is InChI=1S/C15H19ClN6O/c1-20-9-11(7-19-20)15(23)21(2)12-3-5-22(6-4-12)14-13(16)8-17-10-18-14/h7-10,12H,3-6H2,1-2H3. The molecular weight excluding hydrogens is 316 g/mol. The Morgan fingerprint density at radius 1 is 1.35 bits per heavy atom. The van der Waals surface area contributed by atoms with Crippen LogP contribution in [0.1, 0.15) is 23.2 Å². The number of piperidine rings is 1. The molecule has 0 N–H and O–H groups in total. The van der Waals surface area contributed by atoms with E-state index in [0.29, 0.717) is 10.6 Å². The maximum absolute atomic E-state index is 12.5. The smallest absolute Gasteiger partial charge is 0.257 e. The topological polar surface area (TPSA) is 67.2 Å². The van der Waals surface area contributed by atoms with Gasteiger partial charge in [-0.1, -0.05) is 11.6 Å². The highest BCUT2D eigenvalue weighted by Crippen LogP contribution is 2.26. The summed E-state index contributed by atoms with van der Waals surface area (Å²) < 4.78 is 1.64. The van der Waals surface area contributed by atoms with Gasteiger partial charge in [0, 0.05) is 39.4 Å². The molecule has 1 saturated heterocycles. The van der Waals surface area contributed by atoms with Crippen molar-refractivity contribution in [1.29, 1.82) is 0 Å². The summed E-state index contributed by atoms with van der Waals surface area (Å²) in [7, 11) is 3.66. The fourth-order valence-electron chi connectivity index (χ4n) is 2.90. The summed E-state index contributed by atoms with van der Waals surface area (Å²) in [5.41, 5.74) is 0.622. The zero-order valence-electron chi connectivity index (χ0n) is 13.2. The molecule has 7 nitrogen and oxygen atoms in total. The second-order valence-corrected chi connectivity index (χ2v) is 6.14. The largest absolute Gasteiger partial charge is 0.355 e. The molecule has 8 heteroatoms. The van der Waals surface area contributed by atoms with Gasteiger partial charge in [-0.15, -0.1) is 0 Å². The average molecular weight is 335 g/mol. The first-order valence-electron chi connectivity index (χ1n) is 7.52. The van der Waals surface area contributed by atoms with Crippen LogP contribution in [0, 0.1) is 0 Å². The summed E-state index contributed by atoms with van der Waals surface area (Å²) in [6, 6.07) is 0.208. The molecule has 0 aliphatic carbocycles.